The third-order valence-corrected chi connectivity index (χ3v) is 7.23. The Morgan fingerprint density at radius 1 is 0.818 bits per heavy atom. The van der Waals surface area contributed by atoms with Crippen molar-refractivity contribution in [2.75, 3.05) is 26.2 Å². The molecule has 0 saturated carbocycles. The van der Waals surface area contributed by atoms with Gasteiger partial charge in [-0.05, 0) is 40.3 Å². The van der Waals surface area contributed by atoms with Gasteiger partial charge in [-0.3, -0.25) is 14.9 Å². The van der Waals surface area contributed by atoms with Crippen molar-refractivity contribution in [2.45, 2.75) is 12.8 Å². The van der Waals surface area contributed by atoms with Crippen LogP contribution < -0.4 is 0 Å². The van der Waals surface area contributed by atoms with Gasteiger partial charge < -0.3 is 4.48 Å². The molecule has 0 aliphatic carbocycles. The largest absolute Gasteiger partial charge is 0.314 e. The lowest BCUT2D eigenvalue weighted by Crippen LogP contribution is -2.61. The van der Waals surface area contributed by atoms with Crippen LogP contribution in [-0.4, -0.2) is 41.4 Å². The summed E-state index contributed by atoms with van der Waals surface area (Å²) in [5.74, 6) is 0.612. The topological polar surface area (TPSA) is 60.2 Å². The number of Topliss-reactive ketones (excluding diaryl/α,β-unsaturated/α-hetero) is 1. The van der Waals surface area contributed by atoms with E-state index in [1.807, 2.05) is 12.1 Å². The Morgan fingerprint density at radius 3 is 1.88 bits per heavy atom. The lowest BCUT2D eigenvalue weighted by atomic mass is 9.76. The van der Waals surface area contributed by atoms with Crippen LogP contribution in [0.25, 0.3) is 5.57 Å². The van der Waals surface area contributed by atoms with E-state index in [4.69, 9.17) is 0 Å². The Balaban J connectivity index is 1.49. The molecule has 0 radical (unpaired) electrons. The van der Waals surface area contributed by atoms with E-state index < -0.39 is 4.92 Å². The molecule has 3 saturated heterocycles. The monoisotopic (exact) mass is 439 g/mol. The number of piperidine rings is 3. The Morgan fingerprint density at radius 2 is 1.36 bits per heavy atom. The molecule has 0 unspecified atom stereocenters. The number of hydrogen-bond acceptors (Lipinski definition) is 3. The summed E-state index contributed by atoms with van der Waals surface area (Å²) in [7, 11) is 0. The molecule has 0 spiro atoms. The van der Waals surface area contributed by atoms with Crippen LogP contribution in [0.5, 0.6) is 0 Å². The van der Waals surface area contributed by atoms with Crippen molar-refractivity contribution in [3.8, 4) is 0 Å². The normalized spacial score (nSPS) is 21.6. The molecule has 3 aliphatic heterocycles. The zero-order valence-corrected chi connectivity index (χ0v) is 18.5. The van der Waals surface area contributed by atoms with Gasteiger partial charge in [-0.1, -0.05) is 60.7 Å². The van der Waals surface area contributed by atoms with Crippen molar-refractivity contribution in [2.24, 2.45) is 5.92 Å². The maximum Gasteiger partial charge on any atom is 0.269 e. The number of carbonyl (C=O) groups is 1. The fourth-order valence-corrected chi connectivity index (χ4v) is 5.52. The van der Waals surface area contributed by atoms with Crippen LogP contribution in [0, 0.1) is 16.0 Å². The van der Waals surface area contributed by atoms with Gasteiger partial charge in [0.25, 0.3) is 5.69 Å². The number of fused-ring (bicyclic) bond motifs is 3. The van der Waals surface area contributed by atoms with Gasteiger partial charge in [0.05, 0.1) is 18.0 Å². The van der Waals surface area contributed by atoms with E-state index in [9.17, 15) is 14.9 Å². The van der Waals surface area contributed by atoms with E-state index in [0.29, 0.717) is 18.0 Å². The van der Waals surface area contributed by atoms with Crippen molar-refractivity contribution in [3.05, 3.63) is 117 Å². The predicted octanol–water partition coefficient (Wildman–Crippen LogP) is 5.52. The molecule has 0 N–H and O–H groups in total. The Labute approximate surface area is 193 Å². The van der Waals surface area contributed by atoms with Gasteiger partial charge in [-0.2, -0.15) is 0 Å². The number of nitro groups is 1. The van der Waals surface area contributed by atoms with Crippen LogP contribution in [0.4, 0.5) is 5.69 Å². The number of nitro benzene ring substituents is 1. The molecule has 33 heavy (non-hydrogen) atoms. The Hall–Kier alpha value is -3.57. The van der Waals surface area contributed by atoms with Crippen molar-refractivity contribution in [3.63, 3.8) is 0 Å². The summed E-state index contributed by atoms with van der Waals surface area (Å²) < 4.78 is 0.769. The molecule has 3 aromatic rings. The highest BCUT2D eigenvalue weighted by Crippen LogP contribution is 2.43. The van der Waals surface area contributed by atoms with Crippen LogP contribution in [0.2, 0.25) is 0 Å². The number of benzene rings is 3. The van der Waals surface area contributed by atoms with Gasteiger partial charge in [-0.15, -0.1) is 0 Å². The minimum Gasteiger partial charge on any atom is -0.314 e. The summed E-state index contributed by atoms with van der Waals surface area (Å²) >= 11 is 0. The van der Waals surface area contributed by atoms with E-state index in [-0.39, 0.29) is 11.5 Å². The van der Waals surface area contributed by atoms with Gasteiger partial charge in [0.1, 0.15) is 13.1 Å². The SMILES string of the molecule is O=C(C[N+]12CCC(CC1)C(=C(c1ccccc1)c1ccccc1)C2)c1ccc([N+](=O)[O-])cc1. The van der Waals surface area contributed by atoms with Gasteiger partial charge >= 0.3 is 0 Å². The second kappa shape index (κ2) is 8.75. The molecular weight excluding hydrogens is 412 g/mol. The average molecular weight is 440 g/mol. The number of carbonyl (C=O) groups excluding carboxylic acids is 1. The summed E-state index contributed by atoms with van der Waals surface area (Å²) in [5, 5.41) is 10.9. The van der Waals surface area contributed by atoms with E-state index >= 15 is 0 Å². The van der Waals surface area contributed by atoms with Crippen LogP contribution in [-0.2, 0) is 0 Å². The molecule has 3 fully saturated rings. The first-order valence-electron chi connectivity index (χ1n) is 11.5. The second-order valence-corrected chi connectivity index (χ2v) is 9.24. The second-order valence-electron chi connectivity index (χ2n) is 9.24. The van der Waals surface area contributed by atoms with Crippen molar-refractivity contribution >= 4 is 17.0 Å². The molecule has 0 aromatic heterocycles. The molecule has 6 rings (SSSR count). The number of rotatable bonds is 6. The summed E-state index contributed by atoms with van der Waals surface area (Å²) in [4.78, 5) is 23.7. The third-order valence-electron chi connectivity index (χ3n) is 7.23. The molecule has 0 atom stereocenters. The number of nitrogens with zero attached hydrogens (tertiary/aromatic N) is 2. The van der Waals surface area contributed by atoms with E-state index in [1.165, 1.54) is 34.4 Å². The van der Waals surface area contributed by atoms with Gasteiger partial charge in [-0.25, -0.2) is 0 Å². The Bertz CT molecular complexity index is 1150. The number of non-ortho nitro benzene ring substituents is 1. The lowest BCUT2D eigenvalue weighted by Gasteiger charge is -2.50. The molecular formula is C28H27N2O3+. The molecule has 3 aromatic carbocycles. The van der Waals surface area contributed by atoms with Gasteiger partial charge in [0.15, 0.2) is 0 Å². The van der Waals surface area contributed by atoms with Crippen molar-refractivity contribution in [1.82, 2.24) is 0 Å². The molecule has 2 bridgehead atoms. The smallest absolute Gasteiger partial charge is 0.269 e. The van der Waals surface area contributed by atoms with Gasteiger partial charge in [0.2, 0.25) is 5.78 Å². The first-order chi connectivity index (χ1) is 16.0. The average Bonchev–Trinajstić information content (AvgIpc) is 2.86. The standard InChI is InChI=1S/C28H27N2O3/c31-27(22-11-13-25(14-12-22)29(32)33)20-30-17-15-21(16-18-30)26(19-30)28(23-7-3-1-4-8-23)24-9-5-2-6-10-24/h1-14,21H,15-20H2/q+1. The fraction of sp³-hybridized carbons (Fsp3) is 0.250. The summed E-state index contributed by atoms with van der Waals surface area (Å²) in [6.45, 7) is 3.32. The maximum absolute atomic E-state index is 13.2. The summed E-state index contributed by atoms with van der Waals surface area (Å²) in [5.41, 5.74) is 5.79. The van der Waals surface area contributed by atoms with Crippen LogP contribution >= 0.6 is 0 Å². The number of ketones is 1. The van der Waals surface area contributed by atoms with Crippen LogP contribution in [0.15, 0.2) is 90.5 Å². The molecule has 166 valence electrons. The van der Waals surface area contributed by atoms with Crippen molar-refractivity contribution in [1.29, 1.82) is 0 Å². The molecule has 0 amide bonds. The van der Waals surface area contributed by atoms with Crippen LogP contribution in [0.3, 0.4) is 0 Å². The minimum absolute atomic E-state index is 0.0120. The molecule has 5 nitrogen and oxygen atoms in total. The van der Waals surface area contributed by atoms with E-state index in [2.05, 4.69) is 48.5 Å². The highest BCUT2D eigenvalue weighted by molar-refractivity contribution is 5.97. The van der Waals surface area contributed by atoms with E-state index in [1.54, 1.807) is 12.1 Å². The highest BCUT2D eigenvalue weighted by Gasteiger charge is 2.45. The predicted molar refractivity (Wildman–Crippen MR) is 129 cm³/mol. The van der Waals surface area contributed by atoms with Crippen molar-refractivity contribution < 1.29 is 14.2 Å². The molecule has 5 heteroatoms. The third kappa shape index (κ3) is 4.24. The first-order valence-corrected chi connectivity index (χ1v) is 11.5. The minimum atomic E-state index is -0.433. The molecule has 3 heterocycles. The summed E-state index contributed by atoms with van der Waals surface area (Å²) in [6.07, 6.45) is 2.18. The summed E-state index contributed by atoms with van der Waals surface area (Å²) in [6, 6.07) is 27.2. The quantitative estimate of drug-likeness (QED) is 0.220. The zero-order valence-electron chi connectivity index (χ0n) is 18.5. The highest BCUT2D eigenvalue weighted by atomic mass is 16.6. The lowest BCUT2D eigenvalue weighted by molar-refractivity contribution is -0.928. The number of quaternary nitrogens is 1. The number of hydrogen-bond donors (Lipinski definition) is 0. The van der Waals surface area contributed by atoms with E-state index in [0.717, 1.165) is 37.0 Å². The van der Waals surface area contributed by atoms with Crippen LogP contribution in [0.1, 0.15) is 34.3 Å². The molecule has 3 aliphatic rings. The Kier molecular flexibility index (Phi) is 5.65. The van der Waals surface area contributed by atoms with Gasteiger partial charge in [0, 0.05) is 30.5 Å². The fourth-order valence-electron chi connectivity index (χ4n) is 5.52. The maximum atomic E-state index is 13.2. The first kappa shape index (κ1) is 21.3. The zero-order chi connectivity index (χ0) is 22.8.